The molecule has 1 atom stereocenters. The van der Waals surface area contributed by atoms with Crippen molar-refractivity contribution in [2.24, 2.45) is 0 Å². The Bertz CT molecular complexity index is 870. The second kappa shape index (κ2) is 10.1. The molecule has 1 N–H and O–H groups in total. The molecule has 28 heavy (non-hydrogen) atoms. The molecule has 0 aliphatic carbocycles. The molecule has 1 unspecified atom stereocenters. The molecule has 0 amide bonds. The highest BCUT2D eigenvalue weighted by molar-refractivity contribution is 7.89. The molecular weight excluding hydrogens is 409 g/mol. The van der Waals surface area contributed by atoms with Crippen LogP contribution in [0.3, 0.4) is 0 Å². The molecular formula is C18H23ClFN3O4S. The average Bonchev–Trinajstić information content (AvgIpc) is 2.70. The lowest BCUT2D eigenvalue weighted by Gasteiger charge is -2.35. The highest BCUT2D eigenvalue weighted by Gasteiger charge is 2.36. The number of nitrogens with zero attached hydrogens (tertiary/aromatic N) is 2. The summed E-state index contributed by atoms with van der Waals surface area (Å²) in [5.41, 5.74) is 0.770. The summed E-state index contributed by atoms with van der Waals surface area (Å²) in [7, 11) is -2.47. The molecule has 1 aromatic carbocycles. The number of aromatic nitrogens is 1. The van der Waals surface area contributed by atoms with Crippen molar-refractivity contribution in [1.29, 1.82) is 0 Å². The quantitative estimate of drug-likeness (QED) is 0.675. The van der Waals surface area contributed by atoms with Gasteiger partial charge in [-0.3, -0.25) is 4.98 Å². The van der Waals surface area contributed by atoms with E-state index in [2.05, 4.69) is 10.3 Å². The Balaban J connectivity index is 0.00000280. The SMILES string of the molecule is COCCOc1ccc(F)cc1S(=O)(=O)N1CCNCC1c1cccnc1.Cl. The first-order valence-corrected chi connectivity index (χ1v) is 10.0. The maximum Gasteiger partial charge on any atom is 0.247 e. The summed E-state index contributed by atoms with van der Waals surface area (Å²) >= 11 is 0. The summed E-state index contributed by atoms with van der Waals surface area (Å²) in [6, 6.07) is 6.66. The van der Waals surface area contributed by atoms with E-state index in [1.54, 1.807) is 18.5 Å². The van der Waals surface area contributed by atoms with Gasteiger partial charge < -0.3 is 14.8 Å². The fourth-order valence-corrected chi connectivity index (χ4v) is 4.75. The van der Waals surface area contributed by atoms with E-state index in [0.717, 1.165) is 11.6 Å². The first kappa shape index (κ1) is 22.5. The van der Waals surface area contributed by atoms with Gasteiger partial charge in [0.25, 0.3) is 0 Å². The lowest BCUT2D eigenvalue weighted by Crippen LogP contribution is -2.48. The lowest BCUT2D eigenvalue weighted by atomic mass is 10.1. The van der Waals surface area contributed by atoms with Crippen molar-refractivity contribution < 1.29 is 22.3 Å². The number of rotatable bonds is 7. The molecule has 154 valence electrons. The van der Waals surface area contributed by atoms with Crippen LogP contribution in [-0.4, -0.2) is 57.7 Å². The van der Waals surface area contributed by atoms with Crippen LogP contribution in [0.1, 0.15) is 11.6 Å². The largest absolute Gasteiger partial charge is 0.490 e. The van der Waals surface area contributed by atoms with E-state index in [1.165, 1.54) is 23.5 Å². The number of nitrogens with one attached hydrogen (secondary N) is 1. The summed E-state index contributed by atoms with van der Waals surface area (Å²) in [5, 5.41) is 3.20. The van der Waals surface area contributed by atoms with E-state index in [0.29, 0.717) is 19.7 Å². The van der Waals surface area contributed by atoms with Gasteiger partial charge in [-0.2, -0.15) is 4.31 Å². The van der Waals surface area contributed by atoms with Gasteiger partial charge in [-0.25, -0.2) is 12.8 Å². The number of hydrogen-bond acceptors (Lipinski definition) is 6. The van der Waals surface area contributed by atoms with Gasteiger partial charge in [0.15, 0.2) is 0 Å². The number of pyridine rings is 1. The van der Waals surface area contributed by atoms with Gasteiger partial charge in [-0.1, -0.05) is 6.07 Å². The fraction of sp³-hybridized carbons (Fsp3) is 0.389. The zero-order valence-electron chi connectivity index (χ0n) is 15.4. The second-order valence-corrected chi connectivity index (χ2v) is 7.91. The molecule has 2 aromatic rings. The van der Waals surface area contributed by atoms with Crippen LogP contribution in [-0.2, 0) is 14.8 Å². The van der Waals surface area contributed by atoms with Gasteiger partial charge >= 0.3 is 0 Å². The van der Waals surface area contributed by atoms with Gasteiger partial charge in [0.1, 0.15) is 23.1 Å². The molecule has 1 aliphatic rings. The molecule has 10 heteroatoms. The molecule has 1 fully saturated rings. The minimum atomic E-state index is -3.99. The van der Waals surface area contributed by atoms with E-state index >= 15 is 0 Å². The standard InChI is InChI=1S/C18H22FN3O4S.ClH/c1-25-9-10-26-17-5-4-15(19)11-18(17)27(23,24)22-8-7-21-13-16(22)14-3-2-6-20-12-14;/h2-6,11-12,16,21H,7-10,13H2,1H3;1H. The second-order valence-electron chi connectivity index (χ2n) is 6.05. The summed E-state index contributed by atoms with van der Waals surface area (Å²) in [5.74, 6) is -0.530. The molecule has 0 saturated carbocycles. The Morgan fingerprint density at radius 3 is 2.86 bits per heavy atom. The number of benzene rings is 1. The van der Waals surface area contributed by atoms with Crippen LogP contribution < -0.4 is 10.1 Å². The topological polar surface area (TPSA) is 80.8 Å². The zero-order valence-corrected chi connectivity index (χ0v) is 17.0. The van der Waals surface area contributed by atoms with Crippen LogP contribution in [0.4, 0.5) is 4.39 Å². The molecule has 1 aromatic heterocycles. The summed E-state index contributed by atoms with van der Waals surface area (Å²) in [6.07, 6.45) is 3.27. The Labute approximate surface area is 170 Å². The maximum absolute atomic E-state index is 13.9. The van der Waals surface area contributed by atoms with Gasteiger partial charge in [0, 0.05) is 39.1 Å². The van der Waals surface area contributed by atoms with Crippen molar-refractivity contribution in [1.82, 2.24) is 14.6 Å². The number of methoxy groups -OCH3 is 1. The number of ether oxygens (including phenoxy) is 2. The normalized spacial score (nSPS) is 17.7. The van der Waals surface area contributed by atoms with Gasteiger partial charge in [-0.15, -0.1) is 12.4 Å². The number of halogens is 2. The van der Waals surface area contributed by atoms with E-state index in [1.807, 2.05) is 6.07 Å². The van der Waals surface area contributed by atoms with Crippen LogP contribution in [0.5, 0.6) is 5.75 Å². The fourth-order valence-electron chi connectivity index (χ4n) is 2.99. The minimum absolute atomic E-state index is 0. The van der Waals surface area contributed by atoms with Crippen molar-refractivity contribution in [2.45, 2.75) is 10.9 Å². The molecule has 7 nitrogen and oxygen atoms in total. The van der Waals surface area contributed by atoms with Crippen LogP contribution in [0.15, 0.2) is 47.6 Å². The Morgan fingerprint density at radius 2 is 2.14 bits per heavy atom. The lowest BCUT2D eigenvalue weighted by molar-refractivity contribution is 0.144. The van der Waals surface area contributed by atoms with E-state index < -0.39 is 21.9 Å². The van der Waals surface area contributed by atoms with Gasteiger partial charge in [0.05, 0.1) is 12.6 Å². The van der Waals surface area contributed by atoms with Crippen molar-refractivity contribution in [3.8, 4) is 5.75 Å². The molecule has 1 saturated heterocycles. The highest BCUT2D eigenvalue weighted by atomic mass is 35.5. The van der Waals surface area contributed by atoms with Crippen LogP contribution >= 0.6 is 12.4 Å². The molecule has 1 aliphatic heterocycles. The average molecular weight is 432 g/mol. The van der Waals surface area contributed by atoms with Crippen molar-refractivity contribution >= 4 is 22.4 Å². The van der Waals surface area contributed by atoms with E-state index in [-0.39, 0.29) is 36.2 Å². The zero-order chi connectivity index (χ0) is 19.3. The third-order valence-electron chi connectivity index (χ3n) is 4.30. The van der Waals surface area contributed by atoms with Crippen molar-refractivity contribution in [2.75, 3.05) is 40.0 Å². The van der Waals surface area contributed by atoms with E-state index in [4.69, 9.17) is 9.47 Å². The third kappa shape index (κ3) is 4.98. The summed E-state index contributed by atoms with van der Waals surface area (Å²) in [4.78, 5) is 3.90. The first-order chi connectivity index (χ1) is 13.0. The molecule has 0 bridgehead atoms. The van der Waals surface area contributed by atoms with Crippen LogP contribution in [0, 0.1) is 5.82 Å². The van der Waals surface area contributed by atoms with Crippen molar-refractivity contribution in [3.05, 3.63) is 54.1 Å². The highest BCUT2D eigenvalue weighted by Crippen LogP contribution is 2.33. The van der Waals surface area contributed by atoms with Gasteiger partial charge in [0.2, 0.25) is 10.0 Å². The van der Waals surface area contributed by atoms with Crippen LogP contribution in [0.2, 0.25) is 0 Å². The molecule has 2 heterocycles. The number of piperazine rings is 1. The smallest absolute Gasteiger partial charge is 0.247 e. The predicted octanol–water partition coefficient (Wildman–Crippen LogP) is 2.00. The maximum atomic E-state index is 13.9. The number of hydrogen-bond donors (Lipinski definition) is 1. The van der Waals surface area contributed by atoms with E-state index in [9.17, 15) is 12.8 Å². The summed E-state index contributed by atoms with van der Waals surface area (Å²) in [6.45, 7) is 1.67. The summed E-state index contributed by atoms with van der Waals surface area (Å²) < 4.78 is 52.4. The molecule has 0 radical (unpaired) electrons. The van der Waals surface area contributed by atoms with Crippen LogP contribution in [0.25, 0.3) is 0 Å². The van der Waals surface area contributed by atoms with Crippen molar-refractivity contribution in [3.63, 3.8) is 0 Å². The molecule has 0 spiro atoms. The third-order valence-corrected chi connectivity index (χ3v) is 6.23. The predicted molar refractivity (Wildman–Crippen MR) is 105 cm³/mol. The minimum Gasteiger partial charge on any atom is -0.490 e. The Hall–Kier alpha value is -1.78. The van der Waals surface area contributed by atoms with Gasteiger partial charge in [-0.05, 0) is 29.8 Å². The Kier molecular flexibility index (Phi) is 8.14. The Morgan fingerprint density at radius 1 is 1.32 bits per heavy atom. The monoisotopic (exact) mass is 431 g/mol. The molecule has 3 rings (SSSR count). The first-order valence-electron chi connectivity index (χ1n) is 8.58. The number of sulfonamides is 1.